The molecule has 0 unspecified atom stereocenters. The molecule has 33 heavy (non-hydrogen) atoms. The molecular weight excluding hydrogens is 541 g/mol. The van der Waals surface area contributed by atoms with Crippen molar-refractivity contribution < 1.29 is 19.8 Å². The fraction of sp³-hybridized carbons (Fsp3) is 0.846. The molecule has 2 aliphatic rings. The molecule has 7 heteroatoms. The normalized spacial score (nSPS) is 20.1. The molecule has 0 aliphatic carbocycles. The van der Waals surface area contributed by atoms with Crippen LogP contribution in [0.5, 0.6) is 0 Å². The predicted octanol–water partition coefficient (Wildman–Crippen LogP) is 6.77. The minimum Gasteiger partial charge on any atom is -0.478 e. The van der Waals surface area contributed by atoms with Gasteiger partial charge < -0.3 is 15.1 Å². The Morgan fingerprint density at radius 2 is 1.33 bits per heavy atom. The average Bonchev–Trinajstić information content (AvgIpc) is 2.82. The first-order chi connectivity index (χ1) is 15.9. The van der Waals surface area contributed by atoms with Gasteiger partial charge in [0.1, 0.15) is 0 Å². The molecule has 2 rings (SSSR count). The van der Waals surface area contributed by atoms with Crippen molar-refractivity contribution in [3.63, 3.8) is 0 Å². The second kappa shape index (κ2) is 22.3. The molecule has 192 valence electrons. The van der Waals surface area contributed by atoms with Gasteiger partial charge in [-0.25, -0.2) is 9.59 Å². The zero-order chi connectivity index (χ0) is 24.9. The van der Waals surface area contributed by atoms with Crippen LogP contribution in [0.1, 0.15) is 91.4 Å². The van der Waals surface area contributed by atoms with Crippen molar-refractivity contribution in [3.8, 4) is 0 Å². The van der Waals surface area contributed by atoms with Crippen LogP contribution in [0.4, 0.5) is 0 Å². The van der Waals surface area contributed by atoms with Crippen LogP contribution in [-0.4, -0.2) is 71.7 Å². The van der Waals surface area contributed by atoms with Crippen LogP contribution in [0.15, 0.2) is 12.2 Å². The van der Waals surface area contributed by atoms with E-state index in [2.05, 4.69) is 38.3 Å². The van der Waals surface area contributed by atoms with Gasteiger partial charge in [-0.2, -0.15) is 12.6 Å². The summed E-state index contributed by atoms with van der Waals surface area (Å²) >= 11 is 3.61. The van der Waals surface area contributed by atoms with Crippen molar-refractivity contribution in [3.05, 3.63) is 12.2 Å². The van der Waals surface area contributed by atoms with Gasteiger partial charge >= 0.3 is 104 Å². The molecule has 0 aromatic carbocycles. The summed E-state index contributed by atoms with van der Waals surface area (Å²) in [7, 11) is 0. The van der Waals surface area contributed by atoms with Crippen LogP contribution in [-0.2, 0) is 9.59 Å². The van der Waals surface area contributed by atoms with E-state index in [-0.39, 0.29) is 0 Å². The molecule has 0 aromatic rings. The quantitative estimate of drug-likeness (QED) is 0.133. The van der Waals surface area contributed by atoms with Crippen LogP contribution in [0.3, 0.4) is 0 Å². The topological polar surface area (TPSA) is 77.8 Å². The maximum absolute atomic E-state index is 9.55. The van der Waals surface area contributed by atoms with E-state index in [9.17, 15) is 9.59 Å². The summed E-state index contributed by atoms with van der Waals surface area (Å²) in [5.41, 5.74) is 0. The van der Waals surface area contributed by atoms with E-state index >= 15 is 0 Å². The summed E-state index contributed by atoms with van der Waals surface area (Å²) < 4.78 is 5.04. The number of carbonyl (C=O) groups is 2. The second-order valence-corrected chi connectivity index (χ2v) is 18.2. The number of thiol groups is 1. The van der Waals surface area contributed by atoms with Gasteiger partial charge in [0.15, 0.2) is 0 Å². The number of rotatable bonds is 12. The number of hydrogen-bond acceptors (Lipinski definition) is 4. The SMILES string of the molecule is CCC[CH2][Sn+]([CH2]CCC)[CH2]CCC.O=C(O)/C=C/C(=O)O.SC[C@@H]1CCCN2CCCC[C@H]12. The molecule has 2 saturated heterocycles. The number of piperidine rings is 2. The Labute approximate surface area is 215 Å². The van der Waals surface area contributed by atoms with Crippen molar-refractivity contribution in [1.29, 1.82) is 0 Å². The average molecular weight is 591 g/mol. The van der Waals surface area contributed by atoms with Crippen LogP contribution >= 0.6 is 12.6 Å². The first-order valence-corrected chi connectivity index (χ1v) is 19.9. The zero-order valence-corrected chi connectivity index (χ0v) is 25.2. The van der Waals surface area contributed by atoms with E-state index < -0.39 is 31.7 Å². The molecule has 0 aromatic heterocycles. The van der Waals surface area contributed by atoms with Crippen LogP contribution in [0.25, 0.3) is 0 Å². The van der Waals surface area contributed by atoms with Crippen LogP contribution in [0.2, 0.25) is 13.3 Å². The number of carboxylic acid groups (broad SMARTS) is 2. The monoisotopic (exact) mass is 592 g/mol. The van der Waals surface area contributed by atoms with Crippen LogP contribution < -0.4 is 0 Å². The summed E-state index contributed by atoms with van der Waals surface area (Å²) in [5, 5.41) is 15.6. The van der Waals surface area contributed by atoms with Crippen molar-refractivity contribution >= 4 is 44.3 Å². The first kappa shape index (κ1) is 32.8. The third kappa shape index (κ3) is 17.8. The van der Waals surface area contributed by atoms with Crippen molar-refractivity contribution in [2.24, 2.45) is 5.92 Å². The standard InChI is InChI=1S/C10H19NS.C4H4O4.3C4H9.Sn/c12-8-9-4-3-7-11-6-2-1-5-10(9)11;5-3(6)1-2-4(7)8;3*1-3-4-2;/h9-10,12H,1-8H2;1-2H,(H,5,6)(H,7,8);3*1,3-4H2,2H3;/q;;;;;+1/b;2-1+;;;;/t9-,10+;;;;;/m0...../s1. The van der Waals surface area contributed by atoms with Crippen molar-refractivity contribution in [1.82, 2.24) is 4.90 Å². The van der Waals surface area contributed by atoms with E-state index in [0.29, 0.717) is 12.2 Å². The summed E-state index contributed by atoms with van der Waals surface area (Å²) in [4.78, 5) is 21.8. The number of aliphatic carboxylic acids is 2. The Hall–Kier alpha value is -0.211. The molecule has 2 fully saturated rings. The largest absolute Gasteiger partial charge is 0.478 e. The Balaban J connectivity index is 0.000000480. The first-order valence-electron chi connectivity index (χ1n) is 13.2. The Morgan fingerprint density at radius 3 is 1.76 bits per heavy atom. The number of nitrogens with zero attached hydrogens (tertiary/aromatic N) is 1. The Kier molecular flexibility index (Phi) is 22.1. The van der Waals surface area contributed by atoms with Crippen molar-refractivity contribution in [2.45, 2.75) is 111 Å². The molecule has 2 N–H and O–H groups in total. The summed E-state index contributed by atoms with van der Waals surface area (Å²) in [6.07, 6.45) is 17.1. The van der Waals surface area contributed by atoms with Gasteiger partial charge in [-0.1, -0.05) is 6.42 Å². The Bertz CT molecular complexity index is 489. The predicted molar refractivity (Wildman–Crippen MR) is 145 cm³/mol. The van der Waals surface area contributed by atoms with Gasteiger partial charge in [0, 0.05) is 18.2 Å². The van der Waals surface area contributed by atoms with Gasteiger partial charge in [-0.3, -0.25) is 0 Å². The molecule has 0 spiro atoms. The third-order valence-electron chi connectivity index (χ3n) is 6.48. The van der Waals surface area contributed by atoms with E-state index in [1.807, 2.05) is 0 Å². The number of carboxylic acids is 2. The molecule has 0 amide bonds. The summed E-state index contributed by atoms with van der Waals surface area (Å²) in [6, 6.07) is 0.894. The Morgan fingerprint density at radius 1 is 0.848 bits per heavy atom. The van der Waals surface area contributed by atoms with E-state index in [1.165, 1.54) is 83.7 Å². The number of hydrogen-bond donors (Lipinski definition) is 3. The van der Waals surface area contributed by atoms with Crippen LogP contribution in [0, 0.1) is 5.92 Å². The minimum absolute atomic E-state index is 0.558. The van der Waals surface area contributed by atoms with Crippen molar-refractivity contribution in [2.75, 3.05) is 18.8 Å². The van der Waals surface area contributed by atoms with Gasteiger partial charge in [0.25, 0.3) is 0 Å². The fourth-order valence-corrected chi connectivity index (χ4v) is 14.5. The maximum Gasteiger partial charge on any atom is 0.328 e. The van der Waals surface area contributed by atoms with Gasteiger partial charge in [0.2, 0.25) is 0 Å². The second-order valence-electron chi connectivity index (χ2n) is 9.25. The van der Waals surface area contributed by atoms with E-state index in [4.69, 9.17) is 10.2 Å². The zero-order valence-electron chi connectivity index (χ0n) is 21.4. The molecule has 2 aliphatic heterocycles. The molecule has 2 atom stereocenters. The molecule has 0 radical (unpaired) electrons. The van der Waals surface area contributed by atoms with E-state index in [0.717, 1.165) is 17.7 Å². The molecule has 2 heterocycles. The molecule has 5 nitrogen and oxygen atoms in total. The summed E-state index contributed by atoms with van der Waals surface area (Å²) in [5.74, 6) is -0.525. The fourth-order valence-electron chi connectivity index (χ4n) is 4.59. The third-order valence-corrected chi connectivity index (χ3v) is 16.0. The smallest absolute Gasteiger partial charge is 0.328 e. The molecular formula is C26H50NO4SSn+. The van der Waals surface area contributed by atoms with Gasteiger partial charge in [-0.15, -0.1) is 0 Å². The molecule has 0 bridgehead atoms. The molecule has 0 saturated carbocycles. The maximum atomic E-state index is 9.55. The van der Waals surface area contributed by atoms with Gasteiger partial charge in [0.05, 0.1) is 0 Å². The summed E-state index contributed by atoms with van der Waals surface area (Å²) in [6.45, 7) is 9.71. The van der Waals surface area contributed by atoms with Gasteiger partial charge in [-0.05, 0) is 50.4 Å². The number of unbranched alkanes of at least 4 members (excludes halogenated alkanes) is 3. The van der Waals surface area contributed by atoms with E-state index in [1.54, 1.807) is 13.3 Å². The number of fused-ring (bicyclic) bond motifs is 1. The minimum atomic E-state index is -1.26.